The number of anilines is 1. The summed E-state index contributed by atoms with van der Waals surface area (Å²) in [6, 6.07) is 8.26. The van der Waals surface area contributed by atoms with Crippen molar-refractivity contribution in [3.63, 3.8) is 0 Å². The first kappa shape index (κ1) is 13.3. The van der Waals surface area contributed by atoms with Gasteiger partial charge in [0.05, 0.1) is 9.40 Å². The second-order valence-electron chi connectivity index (χ2n) is 3.66. The Kier molecular flexibility index (Phi) is 3.66. The van der Waals surface area contributed by atoms with Crippen LogP contribution in [0.2, 0.25) is 0 Å². The van der Waals surface area contributed by atoms with Gasteiger partial charge in [0, 0.05) is 17.8 Å². The number of hydrogen-bond acceptors (Lipinski definition) is 4. The Balaban J connectivity index is 2.41. The Morgan fingerprint density at radius 3 is 2.47 bits per heavy atom. The zero-order valence-electron chi connectivity index (χ0n) is 9.47. The number of nitro groups is 1. The lowest BCUT2D eigenvalue weighted by Gasteiger charge is -2.07. The fraction of sp³-hybridized carbons (Fsp3) is 0. The van der Waals surface area contributed by atoms with Gasteiger partial charge in [0.1, 0.15) is 11.6 Å². The molecule has 0 amide bonds. The van der Waals surface area contributed by atoms with Crippen molar-refractivity contribution in [1.82, 2.24) is 0 Å². The average molecular weight is 327 g/mol. The van der Waals surface area contributed by atoms with Crippen LogP contribution in [0.4, 0.5) is 15.8 Å². The van der Waals surface area contributed by atoms with E-state index < -0.39 is 10.7 Å². The number of halogens is 2. The van der Waals surface area contributed by atoms with Crippen molar-refractivity contribution in [3.05, 3.63) is 56.8 Å². The molecule has 98 valence electrons. The Bertz CT molecular complexity index is 632. The van der Waals surface area contributed by atoms with Gasteiger partial charge >= 0.3 is 5.69 Å². The highest BCUT2D eigenvalue weighted by Crippen LogP contribution is 2.35. The van der Waals surface area contributed by atoms with Crippen molar-refractivity contribution in [2.24, 2.45) is 0 Å². The predicted molar refractivity (Wildman–Crippen MR) is 71.7 cm³/mol. The van der Waals surface area contributed by atoms with Crippen LogP contribution in [0.5, 0.6) is 11.5 Å². The zero-order chi connectivity index (χ0) is 14.0. The first-order valence-electron chi connectivity index (χ1n) is 5.14. The van der Waals surface area contributed by atoms with Crippen molar-refractivity contribution >= 4 is 27.3 Å². The molecule has 0 aliphatic carbocycles. The fourth-order valence-electron chi connectivity index (χ4n) is 1.41. The molecule has 0 fully saturated rings. The van der Waals surface area contributed by atoms with Crippen molar-refractivity contribution in [2.75, 3.05) is 5.73 Å². The van der Waals surface area contributed by atoms with Gasteiger partial charge in [-0.3, -0.25) is 10.1 Å². The van der Waals surface area contributed by atoms with Gasteiger partial charge in [-0.15, -0.1) is 0 Å². The molecule has 2 aromatic carbocycles. The maximum Gasteiger partial charge on any atom is 0.312 e. The molecule has 7 heteroatoms. The summed E-state index contributed by atoms with van der Waals surface area (Å²) < 4.78 is 18.7. The third-order valence-corrected chi connectivity index (χ3v) is 2.91. The van der Waals surface area contributed by atoms with Crippen LogP contribution in [0.25, 0.3) is 0 Å². The molecule has 0 unspecified atom stereocenters. The van der Waals surface area contributed by atoms with E-state index in [1.54, 1.807) is 24.3 Å². The molecular weight excluding hydrogens is 319 g/mol. The summed E-state index contributed by atoms with van der Waals surface area (Å²) in [7, 11) is 0. The number of benzene rings is 2. The Morgan fingerprint density at radius 2 is 1.89 bits per heavy atom. The van der Waals surface area contributed by atoms with Gasteiger partial charge in [0.2, 0.25) is 5.75 Å². The summed E-state index contributed by atoms with van der Waals surface area (Å²) in [5.74, 6) is -0.481. The van der Waals surface area contributed by atoms with Crippen molar-refractivity contribution < 1.29 is 14.1 Å². The zero-order valence-corrected chi connectivity index (χ0v) is 11.1. The van der Waals surface area contributed by atoms with Crippen LogP contribution in [0.3, 0.4) is 0 Å². The number of rotatable bonds is 3. The molecule has 5 nitrogen and oxygen atoms in total. The SMILES string of the molecule is Nc1ccc(Oc2cc(F)c(Br)cc2[N+](=O)[O-])cc1. The van der Waals surface area contributed by atoms with Gasteiger partial charge in [-0.1, -0.05) is 0 Å². The summed E-state index contributed by atoms with van der Waals surface area (Å²) in [4.78, 5) is 10.2. The van der Waals surface area contributed by atoms with Crippen LogP contribution in [-0.4, -0.2) is 4.92 Å². The van der Waals surface area contributed by atoms with Crippen LogP contribution in [0.15, 0.2) is 40.9 Å². The van der Waals surface area contributed by atoms with Gasteiger partial charge in [-0.25, -0.2) is 4.39 Å². The van der Waals surface area contributed by atoms with Gasteiger partial charge in [-0.2, -0.15) is 0 Å². The molecule has 2 rings (SSSR count). The number of hydrogen-bond donors (Lipinski definition) is 1. The van der Waals surface area contributed by atoms with Crippen LogP contribution < -0.4 is 10.5 Å². The molecule has 0 heterocycles. The van der Waals surface area contributed by atoms with E-state index in [0.29, 0.717) is 11.4 Å². The quantitative estimate of drug-likeness (QED) is 0.527. The Hall–Kier alpha value is -2.15. The summed E-state index contributed by atoms with van der Waals surface area (Å²) in [6.45, 7) is 0. The maximum atomic E-state index is 13.4. The molecule has 0 bridgehead atoms. The molecule has 0 saturated carbocycles. The minimum Gasteiger partial charge on any atom is -0.450 e. The lowest BCUT2D eigenvalue weighted by Crippen LogP contribution is -1.95. The second-order valence-corrected chi connectivity index (χ2v) is 4.52. The summed E-state index contributed by atoms with van der Waals surface area (Å²) >= 11 is 2.89. The first-order chi connectivity index (χ1) is 8.97. The van der Waals surface area contributed by atoms with E-state index >= 15 is 0 Å². The highest BCUT2D eigenvalue weighted by Gasteiger charge is 2.19. The van der Waals surface area contributed by atoms with Crippen LogP contribution in [-0.2, 0) is 0 Å². The van der Waals surface area contributed by atoms with E-state index in [0.717, 1.165) is 12.1 Å². The standard InChI is InChI=1S/C12H8BrFN2O3/c13-9-5-11(16(17)18)12(6-10(9)14)19-8-3-1-7(15)2-4-8/h1-6H,15H2. The monoisotopic (exact) mass is 326 g/mol. The smallest absolute Gasteiger partial charge is 0.312 e. The van der Waals surface area contributed by atoms with Crippen LogP contribution in [0, 0.1) is 15.9 Å². The number of ether oxygens (including phenoxy) is 1. The molecular formula is C12H8BrFN2O3. The third kappa shape index (κ3) is 3.00. The van der Waals surface area contributed by atoms with E-state index in [1.165, 1.54) is 0 Å². The van der Waals surface area contributed by atoms with Crippen LogP contribution >= 0.6 is 15.9 Å². The molecule has 19 heavy (non-hydrogen) atoms. The largest absolute Gasteiger partial charge is 0.450 e. The lowest BCUT2D eigenvalue weighted by molar-refractivity contribution is -0.385. The topological polar surface area (TPSA) is 78.4 Å². The normalized spacial score (nSPS) is 10.2. The maximum absolute atomic E-state index is 13.4. The van der Waals surface area contributed by atoms with Crippen LogP contribution in [0.1, 0.15) is 0 Å². The number of nitro benzene ring substituents is 1. The number of nitrogen functional groups attached to an aromatic ring is 1. The van der Waals surface area contributed by atoms with E-state index in [9.17, 15) is 14.5 Å². The van der Waals surface area contributed by atoms with Crippen molar-refractivity contribution in [2.45, 2.75) is 0 Å². The van der Waals surface area contributed by atoms with Crippen molar-refractivity contribution in [3.8, 4) is 11.5 Å². The van der Waals surface area contributed by atoms with Gasteiger partial charge in [-0.05, 0) is 40.2 Å². The van der Waals surface area contributed by atoms with Crippen molar-refractivity contribution in [1.29, 1.82) is 0 Å². The van der Waals surface area contributed by atoms with Gasteiger partial charge in [0.15, 0.2) is 0 Å². The number of nitrogens with two attached hydrogens (primary N) is 1. The number of nitrogens with zero attached hydrogens (tertiary/aromatic N) is 1. The summed E-state index contributed by atoms with van der Waals surface area (Å²) in [5, 5.41) is 10.9. The highest BCUT2D eigenvalue weighted by atomic mass is 79.9. The highest BCUT2D eigenvalue weighted by molar-refractivity contribution is 9.10. The Labute approximate surface area is 116 Å². The molecule has 0 saturated heterocycles. The third-order valence-electron chi connectivity index (χ3n) is 2.31. The summed E-state index contributed by atoms with van der Waals surface area (Å²) in [5.41, 5.74) is 5.71. The minimum absolute atomic E-state index is 0.00357. The molecule has 2 aromatic rings. The van der Waals surface area contributed by atoms with E-state index in [2.05, 4.69) is 15.9 Å². The first-order valence-corrected chi connectivity index (χ1v) is 5.93. The summed E-state index contributed by atoms with van der Waals surface area (Å²) in [6.07, 6.45) is 0. The second kappa shape index (κ2) is 5.23. The predicted octanol–water partition coefficient (Wildman–Crippen LogP) is 3.87. The van der Waals surface area contributed by atoms with E-state index in [4.69, 9.17) is 10.5 Å². The Morgan fingerprint density at radius 1 is 1.26 bits per heavy atom. The molecule has 0 radical (unpaired) electrons. The molecule has 0 aliphatic rings. The van der Waals surface area contributed by atoms with Gasteiger partial charge < -0.3 is 10.5 Å². The molecule has 2 N–H and O–H groups in total. The molecule has 0 aromatic heterocycles. The minimum atomic E-state index is -0.643. The van der Waals surface area contributed by atoms with E-state index in [-0.39, 0.29) is 15.9 Å². The van der Waals surface area contributed by atoms with E-state index in [1.807, 2.05) is 0 Å². The molecule has 0 atom stereocenters. The fourth-order valence-corrected chi connectivity index (χ4v) is 1.74. The molecule has 0 aliphatic heterocycles. The molecule has 0 spiro atoms. The average Bonchev–Trinajstić information content (AvgIpc) is 2.36. The lowest BCUT2D eigenvalue weighted by atomic mass is 10.2. The van der Waals surface area contributed by atoms with Gasteiger partial charge in [0.25, 0.3) is 0 Å².